The molecule has 2 aromatic heterocycles. The maximum absolute atomic E-state index is 6.56. The van der Waals surface area contributed by atoms with Crippen LogP contribution in [-0.2, 0) is 12.8 Å². The number of benzene rings is 1. The number of nitrogens with zero attached hydrogens (tertiary/aromatic N) is 3. The lowest BCUT2D eigenvalue weighted by Gasteiger charge is -2.31. The number of anilines is 1. The summed E-state index contributed by atoms with van der Waals surface area (Å²) in [5.41, 5.74) is 2.62. The summed E-state index contributed by atoms with van der Waals surface area (Å²) in [7, 11) is 0. The molecule has 0 saturated carbocycles. The molecule has 6 heteroatoms. The molecule has 0 spiro atoms. The molecule has 1 aliphatic rings. The van der Waals surface area contributed by atoms with Gasteiger partial charge in [-0.25, -0.2) is 9.97 Å². The molecule has 4 nitrogen and oxygen atoms in total. The molecule has 1 atom stereocenters. The van der Waals surface area contributed by atoms with Crippen LogP contribution in [0.5, 0.6) is 0 Å². The predicted octanol–water partition coefficient (Wildman–Crippen LogP) is 5.64. The van der Waals surface area contributed by atoms with Crippen LogP contribution in [0.4, 0.5) is 5.82 Å². The number of fused-ring (bicyclic) bond motifs is 3. The molecule has 0 fully saturated rings. The van der Waals surface area contributed by atoms with Crippen LogP contribution in [0, 0.1) is 6.92 Å². The molecule has 0 radical (unpaired) electrons. The Morgan fingerprint density at radius 2 is 1.96 bits per heavy atom. The van der Waals surface area contributed by atoms with Crippen molar-refractivity contribution in [3.8, 4) is 0 Å². The van der Waals surface area contributed by atoms with Crippen LogP contribution in [0.2, 0.25) is 5.02 Å². The van der Waals surface area contributed by atoms with E-state index in [0.717, 1.165) is 53.1 Å². The highest BCUT2D eigenvalue weighted by Crippen LogP contribution is 2.39. The zero-order chi connectivity index (χ0) is 19.7. The second-order valence-corrected chi connectivity index (χ2v) is 8.79. The zero-order valence-electron chi connectivity index (χ0n) is 16.8. The summed E-state index contributed by atoms with van der Waals surface area (Å²) in [5.74, 6) is 1.80. The summed E-state index contributed by atoms with van der Waals surface area (Å²) >= 11 is 8.40. The summed E-state index contributed by atoms with van der Waals surface area (Å²) in [4.78, 5) is 14.5. The number of hydrogen-bond donors (Lipinski definition) is 1. The third-order valence-electron chi connectivity index (χ3n) is 5.66. The number of nitrogens with one attached hydrogen (secondary N) is 1. The zero-order valence-corrected chi connectivity index (χ0v) is 18.3. The van der Waals surface area contributed by atoms with E-state index in [-0.39, 0.29) is 6.04 Å². The van der Waals surface area contributed by atoms with Gasteiger partial charge in [0.05, 0.1) is 11.4 Å². The highest BCUT2D eigenvalue weighted by Gasteiger charge is 2.24. The Bertz CT molecular complexity index is 980. The van der Waals surface area contributed by atoms with Gasteiger partial charge < -0.3 is 5.32 Å². The first-order valence-corrected chi connectivity index (χ1v) is 11.3. The van der Waals surface area contributed by atoms with Gasteiger partial charge in [-0.1, -0.05) is 43.6 Å². The predicted molar refractivity (Wildman–Crippen MR) is 120 cm³/mol. The fourth-order valence-electron chi connectivity index (χ4n) is 4.27. The largest absolute Gasteiger partial charge is 0.367 e. The first kappa shape index (κ1) is 19.6. The summed E-state index contributed by atoms with van der Waals surface area (Å²) in [6.45, 7) is 9.09. The van der Waals surface area contributed by atoms with Crippen molar-refractivity contribution in [3.63, 3.8) is 0 Å². The molecular weight excluding hydrogens is 388 g/mol. The molecule has 0 unspecified atom stereocenters. The standard InChI is InChI=1S/C22H27ClN4S/c1-4-27(5-2)18(15-9-6-7-11-17(15)23)13-24-21-20-16-10-8-12-19(16)28-22(20)26-14(3)25-21/h6-7,9,11,18H,4-5,8,10,12-13H2,1-3H3,(H,24,25,26)/t18-/m0/s1. The molecule has 0 aliphatic heterocycles. The van der Waals surface area contributed by atoms with Gasteiger partial charge >= 0.3 is 0 Å². The highest BCUT2D eigenvalue weighted by molar-refractivity contribution is 7.19. The molecule has 4 rings (SSSR count). The van der Waals surface area contributed by atoms with Crippen molar-refractivity contribution in [2.45, 2.75) is 46.1 Å². The molecule has 3 aromatic rings. The number of thiophene rings is 1. The van der Waals surface area contributed by atoms with Gasteiger partial charge in [-0.3, -0.25) is 4.90 Å². The van der Waals surface area contributed by atoms with Crippen molar-refractivity contribution < 1.29 is 0 Å². The Morgan fingerprint density at radius 1 is 1.18 bits per heavy atom. The second kappa shape index (κ2) is 8.36. The minimum atomic E-state index is 0.195. The SMILES string of the molecule is CCN(CC)[C@@H](CNc1nc(C)nc2sc3c(c12)CCC3)c1ccccc1Cl. The summed E-state index contributed by atoms with van der Waals surface area (Å²) in [6.07, 6.45) is 3.56. The first-order valence-electron chi connectivity index (χ1n) is 10.1. The summed E-state index contributed by atoms with van der Waals surface area (Å²) in [6, 6.07) is 8.37. The minimum Gasteiger partial charge on any atom is -0.367 e. The van der Waals surface area contributed by atoms with Gasteiger partial charge in [0, 0.05) is 16.4 Å². The Morgan fingerprint density at radius 3 is 2.71 bits per heavy atom. The maximum Gasteiger partial charge on any atom is 0.138 e. The average molecular weight is 415 g/mol. The Balaban J connectivity index is 1.69. The van der Waals surface area contributed by atoms with E-state index in [1.165, 1.54) is 28.7 Å². The van der Waals surface area contributed by atoms with Crippen LogP contribution in [0.3, 0.4) is 0 Å². The van der Waals surface area contributed by atoms with E-state index < -0.39 is 0 Å². The fourth-order valence-corrected chi connectivity index (χ4v) is 5.84. The number of halogens is 1. The number of hydrogen-bond acceptors (Lipinski definition) is 5. The molecule has 0 saturated heterocycles. The molecule has 1 N–H and O–H groups in total. The number of likely N-dealkylation sites (N-methyl/N-ethyl adjacent to an activating group) is 1. The Labute approximate surface area is 176 Å². The quantitative estimate of drug-likeness (QED) is 0.543. The molecule has 148 valence electrons. The topological polar surface area (TPSA) is 41.0 Å². The monoisotopic (exact) mass is 414 g/mol. The normalized spacial score (nSPS) is 14.6. The van der Waals surface area contributed by atoms with Crippen LogP contribution >= 0.6 is 22.9 Å². The van der Waals surface area contributed by atoms with E-state index in [9.17, 15) is 0 Å². The fraction of sp³-hybridized carbons (Fsp3) is 0.455. The van der Waals surface area contributed by atoms with E-state index in [2.05, 4.69) is 36.2 Å². The molecule has 0 amide bonds. The van der Waals surface area contributed by atoms with E-state index in [1.54, 1.807) is 0 Å². The van der Waals surface area contributed by atoms with Crippen LogP contribution in [0.1, 0.15) is 48.1 Å². The third kappa shape index (κ3) is 3.63. The van der Waals surface area contributed by atoms with Crippen LogP contribution in [0.15, 0.2) is 24.3 Å². The summed E-state index contributed by atoms with van der Waals surface area (Å²) < 4.78 is 0. The number of aryl methyl sites for hydroxylation is 3. The number of aromatic nitrogens is 2. The van der Waals surface area contributed by atoms with Crippen LogP contribution in [0.25, 0.3) is 10.2 Å². The number of rotatable bonds is 7. The van der Waals surface area contributed by atoms with E-state index in [1.807, 2.05) is 30.4 Å². The smallest absolute Gasteiger partial charge is 0.138 e. The van der Waals surface area contributed by atoms with Gasteiger partial charge in [-0.05, 0) is 56.5 Å². The van der Waals surface area contributed by atoms with Crippen LogP contribution in [-0.4, -0.2) is 34.5 Å². The van der Waals surface area contributed by atoms with Gasteiger partial charge in [0.25, 0.3) is 0 Å². The minimum absolute atomic E-state index is 0.195. The Kier molecular flexibility index (Phi) is 5.85. The van der Waals surface area contributed by atoms with Gasteiger partial charge in [0.2, 0.25) is 0 Å². The van der Waals surface area contributed by atoms with Crippen molar-refractivity contribution in [1.82, 2.24) is 14.9 Å². The van der Waals surface area contributed by atoms with Gasteiger partial charge in [0.15, 0.2) is 0 Å². The maximum atomic E-state index is 6.56. The van der Waals surface area contributed by atoms with Crippen molar-refractivity contribution in [3.05, 3.63) is 51.1 Å². The summed E-state index contributed by atoms with van der Waals surface area (Å²) in [5, 5.41) is 5.73. The molecule has 0 bridgehead atoms. The van der Waals surface area contributed by atoms with Gasteiger partial charge in [-0.15, -0.1) is 11.3 Å². The van der Waals surface area contributed by atoms with Crippen molar-refractivity contribution >= 4 is 39.0 Å². The molecule has 2 heterocycles. The lowest BCUT2D eigenvalue weighted by molar-refractivity contribution is 0.228. The second-order valence-electron chi connectivity index (χ2n) is 7.30. The Hall–Kier alpha value is -1.69. The van der Waals surface area contributed by atoms with Crippen molar-refractivity contribution in [2.24, 2.45) is 0 Å². The van der Waals surface area contributed by atoms with Crippen LogP contribution < -0.4 is 5.32 Å². The van der Waals surface area contributed by atoms with E-state index >= 15 is 0 Å². The molecule has 1 aromatic carbocycles. The molecular formula is C22H27ClN4S. The van der Waals surface area contributed by atoms with Gasteiger partial charge in [-0.2, -0.15) is 0 Å². The van der Waals surface area contributed by atoms with E-state index in [4.69, 9.17) is 21.6 Å². The van der Waals surface area contributed by atoms with Crippen molar-refractivity contribution in [2.75, 3.05) is 25.0 Å². The molecule has 28 heavy (non-hydrogen) atoms. The highest BCUT2D eigenvalue weighted by atomic mass is 35.5. The lowest BCUT2D eigenvalue weighted by Crippen LogP contribution is -2.33. The van der Waals surface area contributed by atoms with Gasteiger partial charge in [0.1, 0.15) is 16.5 Å². The first-order chi connectivity index (χ1) is 13.6. The molecule has 1 aliphatic carbocycles. The van der Waals surface area contributed by atoms with E-state index in [0.29, 0.717) is 0 Å². The van der Waals surface area contributed by atoms with Crippen molar-refractivity contribution in [1.29, 1.82) is 0 Å². The lowest BCUT2D eigenvalue weighted by atomic mass is 10.0. The third-order valence-corrected chi connectivity index (χ3v) is 7.19. The average Bonchev–Trinajstić information content (AvgIpc) is 3.26.